The number of fused-ring (bicyclic) bond motifs is 1. The molecule has 1 aliphatic rings. The maximum Gasteiger partial charge on any atom is 0.310 e. The van der Waals surface area contributed by atoms with E-state index in [-0.39, 0.29) is 29.6 Å². The van der Waals surface area contributed by atoms with Crippen LogP contribution in [0.3, 0.4) is 0 Å². The van der Waals surface area contributed by atoms with Crippen LogP contribution < -0.4 is 8.92 Å². The molecule has 6 nitrogen and oxygen atoms in total. The Morgan fingerprint density at radius 1 is 1.13 bits per heavy atom. The summed E-state index contributed by atoms with van der Waals surface area (Å²) >= 11 is 0. The lowest BCUT2D eigenvalue weighted by Crippen LogP contribution is -2.18. The number of benzene rings is 2. The van der Waals surface area contributed by atoms with Crippen LogP contribution in [0.5, 0.6) is 11.5 Å². The Balaban J connectivity index is 2.02. The molecule has 23 heavy (non-hydrogen) atoms. The average Bonchev–Trinajstić information content (AvgIpc) is 2.55. The number of hydrogen-bond donors (Lipinski definition) is 2. The first-order valence-corrected chi connectivity index (χ1v) is 8.35. The molecule has 0 radical (unpaired) electrons. The molecule has 1 heterocycles. The molecular formula is C16H16O6S. The third-order valence-electron chi connectivity index (χ3n) is 3.50. The van der Waals surface area contributed by atoms with Gasteiger partial charge in [0.2, 0.25) is 0 Å². The van der Waals surface area contributed by atoms with E-state index in [4.69, 9.17) is 13.7 Å². The van der Waals surface area contributed by atoms with Gasteiger partial charge in [0.05, 0.1) is 18.4 Å². The van der Waals surface area contributed by atoms with Crippen LogP contribution in [0, 0.1) is 0 Å². The monoisotopic (exact) mass is 336 g/mol. The van der Waals surface area contributed by atoms with E-state index in [9.17, 15) is 13.9 Å². The van der Waals surface area contributed by atoms with Crippen molar-refractivity contribution in [1.82, 2.24) is 0 Å². The summed E-state index contributed by atoms with van der Waals surface area (Å²) in [7, 11) is -2.06. The first kappa shape index (κ1) is 15.7. The van der Waals surface area contributed by atoms with Gasteiger partial charge < -0.3 is 13.7 Å². The zero-order valence-electron chi connectivity index (χ0n) is 12.4. The number of methoxy groups -OCH3 is 1. The predicted molar refractivity (Wildman–Crippen MR) is 84.7 cm³/mol. The van der Waals surface area contributed by atoms with E-state index in [1.807, 2.05) is 0 Å². The van der Waals surface area contributed by atoms with E-state index in [0.717, 1.165) is 5.56 Å². The molecule has 0 unspecified atom stereocenters. The van der Waals surface area contributed by atoms with Crippen molar-refractivity contribution < 1.29 is 27.6 Å². The SMILES string of the molecule is COc1ccc2c(c1OS(O)(O)c1ccccc1)COC(=O)C2. The summed E-state index contributed by atoms with van der Waals surface area (Å²) in [5.74, 6) is 0.197. The lowest BCUT2D eigenvalue weighted by molar-refractivity contribution is -0.145. The number of ether oxygens (including phenoxy) is 2. The van der Waals surface area contributed by atoms with E-state index < -0.39 is 10.9 Å². The molecule has 122 valence electrons. The fraction of sp³-hybridized carbons (Fsp3) is 0.188. The molecule has 0 atom stereocenters. The maximum atomic E-state index is 11.4. The van der Waals surface area contributed by atoms with Gasteiger partial charge in [0.1, 0.15) is 6.61 Å². The molecular weight excluding hydrogens is 320 g/mol. The van der Waals surface area contributed by atoms with Gasteiger partial charge in [-0.3, -0.25) is 13.9 Å². The smallest absolute Gasteiger partial charge is 0.310 e. The number of esters is 1. The molecule has 0 bridgehead atoms. The Kier molecular flexibility index (Phi) is 4.16. The highest BCUT2D eigenvalue weighted by atomic mass is 32.3. The topological polar surface area (TPSA) is 85.2 Å². The molecule has 1 aliphatic heterocycles. The molecule has 0 saturated carbocycles. The van der Waals surface area contributed by atoms with E-state index >= 15 is 0 Å². The van der Waals surface area contributed by atoms with Gasteiger partial charge in [-0.25, -0.2) is 0 Å². The molecule has 3 rings (SSSR count). The third kappa shape index (κ3) is 3.12. The minimum Gasteiger partial charge on any atom is -0.493 e. The summed E-state index contributed by atoms with van der Waals surface area (Å²) in [6.45, 7) is 0.00497. The van der Waals surface area contributed by atoms with Crippen molar-refractivity contribution in [3.05, 3.63) is 53.6 Å². The summed E-state index contributed by atoms with van der Waals surface area (Å²) in [5, 5.41) is 0. The maximum absolute atomic E-state index is 11.4. The fourth-order valence-corrected chi connectivity index (χ4v) is 3.37. The average molecular weight is 336 g/mol. The largest absolute Gasteiger partial charge is 0.493 e. The Labute approximate surface area is 135 Å². The van der Waals surface area contributed by atoms with E-state index in [1.54, 1.807) is 42.5 Å². The van der Waals surface area contributed by atoms with Crippen molar-refractivity contribution in [1.29, 1.82) is 0 Å². The Morgan fingerprint density at radius 2 is 1.87 bits per heavy atom. The first-order valence-electron chi connectivity index (χ1n) is 6.88. The van der Waals surface area contributed by atoms with Crippen LogP contribution in [0.4, 0.5) is 0 Å². The van der Waals surface area contributed by atoms with Crippen molar-refractivity contribution in [3.63, 3.8) is 0 Å². The summed E-state index contributed by atoms with van der Waals surface area (Å²) in [4.78, 5) is 11.7. The molecule has 0 fully saturated rings. The Bertz CT molecular complexity index is 729. The highest BCUT2D eigenvalue weighted by Gasteiger charge is 2.29. The second kappa shape index (κ2) is 6.11. The van der Waals surface area contributed by atoms with Gasteiger partial charge in [-0.05, 0) is 23.8 Å². The van der Waals surface area contributed by atoms with Gasteiger partial charge in [-0.1, -0.05) is 24.3 Å². The van der Waals surface area contributed by atoms with Crippen LogP contribution in [-0.2, 0) is 22.6 Å². The van der Waals surface area contributed by atoms with Gasteiger partial charge in [0, 0.05) is 5.56 Å². The van der Waals surface area contributed by atoms with Crippen LogP contribution in [0.1, 0.15) is 11.1 Å². The normalized spacial score (nSPS) is 14.7. The second-order valence-corrected chi connectivity index (χ2v) is 6.60. The van der Waals surface area contributed by atoms with Gasteiger partial charge in [0.25, 0.3) is 0 Å². The summed E-state index contributed by atoms with van der Waals surface area (Å²) in [6, 6.07) is 11.7. The molecule has 0 aromatic heterocycles. The van der Waals surface area contributed by atoms with Crippen molar-refractivity contribution in [2.24, 2.45) is 0 Å². The van der Waals surface area contributed by atoms with E-state index in [0.29, 0.717) is 11.3 Å². The van der Waals surface area contributed by atoms with Gasteiger partial charge in [-0.15, -0.1) is 0 Å². The summed E-state index contributed by atoms with van der Waals surface area (Å²) in [6.07, 6.45) is 0.111. The van der Waals surface area contributed by atoms with Crippen molar-refractivity contribution >= 4 is 16.8 Å². The molecule has 7 heteroatoms. The van der Waals surface area contributed by atoms with Gasteiger partial charge in [-0.2, -0.15) is 0 Å². The number of carbonyl (C=O) groups excluding carboxylic acids is 1. The van der Waals surface area contributed by atoms with Crippen LogP contribution in [-0.4, -0.2) is 22.2 Å². The Morgan fingerprint density at radius 3 is 2.57 bits per heavy atom. The molecule has 0 saturated heterocycles. The van der Waals surface area contributed by atoms with Crippen LogP contribution >= 0.6 is 10.9 Å². The quantitative estimate of drug-likeness (QED) is 0.833. The second-order valence-electron chi connectivity index (χ2n) is 4.97. The molecule has 2 aromatic carbocycles. The van der Waals surface area contributed by atoms with Crippen molar-refractivity contribution in [3.8, 4) is 11.5 Å². The zero-order valence-corrected chi connectivity index (χ0v) is 13.2. The fourth-order valence-electron chi connectivity index (χ4n) is 2.34. The predicted octanol–water partition coefficient (Wildman–Crippen LogP) is 3.40. The Hall–Kier alpha value is -2.22. The molecule has 0 amide bonds. The lowest BCUT2D eigenvalue weighted by atomic mass is 10.0. The van der Waals surface area contributed by atoms with Crippen LogP contribution in [0.25, 0.3) is 0 Å². The number of rotatable bonds is 4. The number of carbonyl (C=O) groups is 1. The van der Waals surface area contributed by atoms with Gasteiger partial charge >= 0.3 is 5.97 Å². The molecule has 2 N–H and O–H groups in total. The molecule has 0 aliphatic carbocycles. The highest BCUT2D eigenvalue weighted by molar-refractivity contribution is 8.20. The van der Waals surface area contributed by atoms with Crippen LogP contribution in [0.2, 0.25) is 0 Å². The molecule has 0 spiro atoms. The van der Waals surface area contributed by atoms with E-state index in [1.165, 1.54) is 7.11 Å². The first-order chi connectivity index (χ1) is 11.0. The number of cyclic esters (lactones) is 1. The summed E-state index contributed by atoms with van der Waals surface area (Å²) < 4.78 is 36.5. The van der Waals surface area contributed by atoms with E-state index in [2.05, 4.69) is 0 Å². The third-order valence-corrected chi connectivity index (χ3v) is 4.79. The standard InChI is InChI=1S/C16H16O6S/c1-20-14-8-7-11-9-15(17)21-10-13(11)16(14)22-23(18,19)12-5-3-2-4-6-12/h2-8,18-19H,9-10H2,1H3. The highest BCUT2D eigenvalue weighted by Crippen LogP contribution is 2.52. The van der Waals surface area contributed by atoms with Crippen molar-refractivity contribution in [2.75, 3.05) is 7.11 Å². The zero-order chi connectivity index (χ0) is 16.4. The van der Waals surface area contributed by atoms with Gasteiger partial charge in [0.15, 0.2) is 22.4 Å². The minimum atomic E-state index is -3.51. The summed E-state index contributed by atoms with van der Waals surface area (Å²) in [5.41, 5.74) is 1.31. The molecule has 2 aromatic rings. The minimum absolute atomic E-state index is 0.00497. The number of hydrogen-bond acceptors (Lipinski definition) is 6. The van der Waals surface area contributed by atoms with Crippen molar-refractivity contribution in [2.45, 2.75) is 17.9 Å². The van der Waals surface area contributed by atoms with Crippen LogP contribution in [0.15, 0.2) is 47.4 Å². The lowest BCUT2D eigenvalue weighted by Gasteiger charge is -2.30.